The maximum Gasteiger partial charge on any atom is -0.0288 e. The van der Waals surface area contributed by atoms with Crippen LogP contribution in [0.4, 0.5) is 0 Å². The molecule has 0 aliphatic carbocycles. The van der Waals surface area contributed by atoms with Gasteiger partial charge in [-0.3, -0.25) is 0 Å². The molecule has 0 amide bonds. The lowest BCUT2D eigenvalue weighted by atomic mass is 10.0. The third kappa shape index (κ3) is 15.9. The summed E-state index contributed by atoms with van der Waals surface area (Å²) < 4.78 is 0. The Morgan fingerprint density at radius 2 is 1.50 bits per heavy atom. The van der Waals surface area contributed by atoms with Gasteiger partial charge >= 0.3 is 0 Å². The van der Waals surface area contributed by atoms with Crippen LogP contribution in [0.3, 0.4) is 0 Å². The maximum absolute atomic E-state index is 2.31. The van der Waals surface area contributed by atoms with Gasteiger partial charge in [-0.25, -0.2) is 0 Å². The first kappa shape index (κ1) is 17.9. The van der Waals surface area contributed by atoms with Crippen LogP contribution in [-0.2, 0) is 0 Å². The smallest absolute Gasteiger partial charge is 0.0288 e. The molecule has 0 N–H and O–H groups in total. The highest BCUT2D eigenvalue weighted by Gasteiger charge is 1.92. The summed E-state index contributed by atoms with van der Waals surface area (Å²) in [6, 6.07) is 0. The first-order chi connectivity index (χ1) is 7.33. The highest BCUT2D eigenvalue weighted by molar-refractivity contribution is 4.98. The van der Waals surface area contributed by atoms with Gasteiger partial charge in [0.05, 0.1) is 0 Å². The monoisotopic (exact) mass is 224 g/mol. The van der Waals surface area contributed by atoms with Crippen molar-refractivity contribution in [1.82, 2.24) is 0 Å². The maximum atomic E-state index is 2.31. The fourth-order valence-corrected chi connectivity index (χ4v) is 1.45. The van der Waals surface area contributed by atoms with Crippen LogP contribution < -0.4 is 0 Å². The summed E-state index contributed by atoms with van der Waals surface area (Å²) in [5.74, 6) is 1.53. The van der Waals surface area contributed by atoms with Crippen molar-refractivity contribution in [2.24, 2.45) is 11.8 Å². The van der Waals surface area contributed by atoms with Crippen LogP contribution in [0, 0.1) is 11.8 Å². The second-order valence-corrected chi connectivity index (χ2v) is 5.34. The highest BCUT2D eigenvalue weighted by Crippen LogP contribution is 2.08. The molecule has 0 fully saturated rings. The number of hydrogen-bond donors (Lipinski definition) is 0. The summed E-state index contributed by atoms with van der Waals surface area (Å²) >= 11 is 0. The minimum absolute atomic E-state index is 0.718. The molecule has 0 aromatic carbocycles. The molecule has 0 aromatic heterocycles. The zero-order valence-corrected chi connectivity index (χ0v) is 12.7. The van der Waals surface area contributed by atoms with E-state index < -0.39 is 0 Å². The SMILES string of the molecule is CC=C(C)CC(C)C.CCC(C)=CC(C)C. The molecule has 0 unspecified atom stereocenters. The number of allylic oxidation sites excluding steroid dienone is 4. The van der Waals surface area contributed by atoms with Crippen molar-refractivity contribution >= 4 is 0 Å². The summed E-state index contributed by atoms with van der Waals surface area (Å²) in [5, 5.41) is 0. The molecule has 0 radical (unpaired) electrons. The van der Waals surface area contributed by atoms with Gasteiger partial charge in [-0.15, -0.1) is 0 Å². The van der Waals surface area contributed by atoms with Crippen molar-refractivity contribution in [2.45, 2.75) is 68.2 Å². The van der Waals surface area contributed by atoms with Crippen molar-refractivity contribution in [3.8, 4) is 0 Å². The standard InChI is InChI=1S/2C8H16/c2*1-5-8(4)6-7(2)3/h6-7H,5H2,1-4H3;5,7H,6H2,1-4H3. The van der Waals surface area contributed by atoms with Crippen molar-refractivity contribution in [3.05, 3.63) is 23.3 Å². The normalized spacial score (nSPS) is 12.9. The first-order valence-electron chi connectivity index (χ1n) is 6.62. The molecule has 16 heavy (non-hydrogen) atoms. The van der Waals surface area contributed by atoms with Crippen molar-refractivity contribution in [1.29, 1.82) is 0 Å². The molecule has 96 valence electrons. The van der Waals surface area contributed by atoms with Crippen molar-refractivity contribution in [3.63, 3.8) is 0 Å². The van der Waals surface area contributed by atoms with Crippen molar-refractivity contribution in [2.75, 3.05) is 0 Å². The Morgan fingerprint density at radius 3 is 1.62 bits per heavy atom. The molecule has 0 aliphatic heterocycles. The van der Waals surface area contributed by atoms with E-state index in [4.69, 9.17) is 0 Å². The Balaban J connectivity index is 0. The van der Waals surface area contributed by atoms with Gasteiger partial charge in [-0.05, 0) is 45.4 Å². The van der Waals surface area contributed by atoms with Crippen LogP contribution in [0.1, 0.15) is 68.2 Å². The zero-order valence-electron chi connectivity index (χ0n) is 12.7. The Labute approximate surface area is 104 Å². The van der Waals surface area contributed by atoms with Crippen LogP contribution >= 0.6 is 0 Å². The summed E-state index contributed by atoms with van der Waals surface area (Å²) in [5.41, 5.74) is 3.00. The van der Waals surface area contributed by atoms with E-state index in [0.717, 1.165) is 11.8 Å². The van der Waals surface area contributed by atoms with E-state index in [0.29, 0.717) is 0 Å². The molecular formula is C16H32. The molecule has 0 nitrogen and oxygen atoms in total. The van der Waals surface area contributed by atoms with Gasteiger partial charge in [0, 0.05) is 0 Å². The minimum Gasteiger partial charge on any atom is -0.0887 e. The van der Waals surface area contributed by atoms with E-state index >= 15 is 0 Å². The largest absolute Gasteiger partial charge is 0.0887 e. The Hall–Kier alpha value is -0.520. The molecule has 0 heteroatoms. The van der Waals surface area contributed by atoms with Gasteiger partial charge in [0.2, 0.25) is 0 Å². The average Bonchev–Trinajstić information content (AvgIpc) is 2.16. The fraction of sp³-hybridized carbons (Fsp3) is 0.750. The van der Waals surface area contributed by atoms with Crippen LogP contribution in [0.25, 0.3) is 0 Å². The van der Waals surface area contributed by atoms with Gasteiger partial charge in [0.1, 0.15) is 0 Å². The van der Waals surface area contributed by atoms with E-state index in [1.165, 1.54) is 24.0 Å². The predicted octanol–water partition coefficient (Wildman–Crippen LogP) is 6.00. The summed E-state index contributed by atoms with van der Waals surface area (Å²) in [6.07, 6.45) is 6.93. The lowest BCUT2D eigenvalue weighted by Crippen LogP contribution is -1.86. The van der Waals surface area contributed by atoms with Gasteiger partial charge in [0.15, 0.2) is 0 Å². The second-order valence-electron chi connectivity index (χ2n) is 5.34. The van der Waals surface area contributed by atoms with E-state index in [1.54, 1.807) is 0 Å². The topological polar surface area (TPSA) is 0 Å². The lowest BCUT2D eigenvalue weighted by molar-refractivity contribution is 0.642. The molecule has 0 rings (SSSR count). The van der Waals surface area contributed by atoms with Crippen molar-refractivity contribution < 1.29 is 0 Å². The quantitative estimate of drug-likeness (QED) is 0.514. The lowest BCUT2D eigenvalue weighted by Gasteiger charge is -2.01. The van der Waals surface area contributed by atoms with E-state index in [9.17, 15) is 0 Å². The molecule has 0 atom stereocenters. The number of hydrogen-bond acceptors (Lipinski definition) is 0. The molecular weight excluding hydrogens is 192 g/mol. The molecule has 0 bridgehead atoms. The zero-order chi connectivity index (χ0) is 13.1. The molecule has 0 heterocycles. The average molecular weight is 224 g/mol. The predicted molar refractivity (Wildman–Crippen MR) is 77.8 cm³/mol. The van der Waals surface area contributed by atoms with E-state index in [-0.39, 0.29) is 0 Å². The van der Waals surface area contributed by atoms with Crippen LogP contribution in [0.5, 0.6) is 0 Å². The van der Waals surface area contributed by atoms with Gasteiger partial charge < -0.3 is 0 Å². The summed E-state index contributed by atoms with van der Waals surface area (Å²) in [7, 11) is 0. The molecule has 0 aliphatic rings. The van der Waals surface area contributed by atoms with Crippen LogP contribution in [0.2, 0.25) is 0 Å². The summed E-state index contributed by atoms with van der Waals surface area (Å²) in [4.78, 5) is 0. The third-order valence-electron chi connectivity index (χ3n) is 2.40. The van der Waals surface area contributed by atoms with Crippen LogP contribution in [-0.4, -0.2) is 0 Å². The number of rotatable bonds is 4. The van der Waals surface area contributed by atoms with Gasteiger partial charge in [-0.2, -0.15) is 0 Å². The van der Waals surface area contributed by atoms with Gasteiger partial charge in [-0.1, -0.05) is 57.9 Å². The van der Waals surface area contributed by atoms with Gasteiger partial charge in [0.25, 0.3) is 0 Å². The molecule has 0 spiro atoms. The Kier molecular flexibility index (Phi) is 12.3. The minimum atomic E-state index is 0.718. The molecule has 0 saturated heterocycles. The third-order valence-corrected chi connectivity index (χ3v) is 2.40. The Morgan fingerprint density at radius 1 is 1.00 bits per heavy atom. The second kappa shape index (κ2) is 11.0. The van der Waals surface area contributed by atoms with Crippen LogP contribution in [0.15, 0.2) is 23.3 Å². The van der Waals surface area contributed by atoms with E-state index in [1.807, 2.05) is 0 Å². The van der Waals surface area contributed by atoms with E-state index in [2.05, 4.69) is 67.5 Å². The molecule has 0 aromatic rings. The fourth-order valence-electron chi connectivity index (χ4n) is 1.45. The highest BCUT2D eigenvalue weighted by atomic mass is 14.0. The molecule has 0 saturated carbocycles. The first-order valence-corrected chi connectivity index (χ1v) is 6.62. The Bertz CT molecular complexity index is 204. The summed E-state index contributed by atoms with van der Waals surface area (Å²) in [6.45, 7) is 17.5.